The highest BCUT2D eigenvalue weighted by Crippen LogP contribution is 2.57. The summed E-state index contributed by atoms with van der Waals surface area (Å²) in [6.45, 7) is 0.0222. The molecule has 1 aromatic heterocycles. The van der Waals surface area contributed by atoms with Gasteiger partial charge in [0.2, 0.25) is 0 Å². The molecule has 0 saturated heterocycles. The van der Waals surface area contributed by atoms with Gasteiger partial charge in [0.25, 0.3) is 0 Å². The Morgan fingerprint density at radius 2 is 1.74 bits per heavy atom. The molecule has 4 saturated carbocycles. The van der Waals surface area contributed by atoms with E-state index in [1.807, 2.05) is 18.2 Å². The monoisotopic (exact) mass is 467 g/mol. The van der Waals surface area contributed by atoms with Crippen molar-refractivity contribution >= 4 is 18.2 Å². The number of carbonyl (C=O) groups is 3. The lowest BCUT2D eigenvalue weighted by molar-refractivity contribution is -0.139. The van der Waals surface area contributed by atoms with E-state index in [1.54, 1.807) is 12.1 Å². The van der Waals surface area contributed by atoms with Crippen LogP contribution in [0.4, 0.5) is 9.59 Å². The van der Waals surface area contributed by atoms with Crippen molar-refractivity contribution in [3.05, 3.63) is 54.1 Å². The topological polar surface area (TPSA) is 120 Å². The van der Waals surface area contributed by atoms with Crippen molar-refractivity contribution in [2.75, 3.05) is 0 Å². The number of alkyl carbamates (subject to hydrolysis) is 1. The van der Waals surface area contributed by atoms with Crippen molar-refractivity contribution in [1.29, 1.82) is 0 Å². The van der Waals surface area contributed by atoms with Crippen LogP contribution in [0.5, 0.6) is 0 Å². The van der Waals surface area contributed by atoms with Crippen LogP contribution in [0.3, 0.4) is 0 Å². The Morgan fingerprint density at radius 1 is 1.09 bits per heavy atom. The molecule has 9 heteroatoms. The van der Waals surface area contributed by atoms with Crippen LogP contribution in [0.2, 0.25) is 0 Å². The first-order chi connectivity index (χ1) is 16.4. The Hall–Kier alpha value is -3.36. The fraction of sp³-hybridized carbons (Fsp3) is 0.520. The molecule has 6 rings (SSSR count). The minimum absolute atomic E-state index is 0.0222. The van der Waals surface area contributed by atoms with Crippen molar-refractivity contribution in [1.82, 2.24) is 14.9 Å². The molecule has 2 N–H and O–H groups in total. The average molecular weight is 468 g/mol. The third kappa shape index (κ3) is 4.78. The number of hydrogen-bond acceptors (Lipinski definition) is 6. The molecular weight excluding hydrogens is 438 g/mol. The summed E-state index contributed by atoms with van der Waals surface area (Å²) in [5.74, 6) is 0.648. The number of amides is 1. The zero-order valence-electron chi connectivity index (χ0n) is 18.9. The van der Waals surface area contributed by atoms with Crippen LogP contribution in [-0.4, -0.2) is 44.5 Å². The van der Waals surface area contributed by atoms with E-state index in [0.717, 1.165) is 24.8 Å². The fourth-order valence-corrected chi connectivity index (χ4v) is 6.34. The van der Waals surface area contributed by atoms with E-state index in [1.165, 1.54) is 36.4 Å². The number of nitrogens with zero attached hydrogens (tertiary/aromatic N) is 2. The second kappa shape index (κ2) is 9.12. The molecule has 1 heterocycles. The van der Waals surface area contributed by atoms with E-state index in [4.69, 9.17) is 9.47 Å². The summed E-state index contributed by atoms with van der Waals surface area (Å²) in [7, 11) is 0. The van der Waals surface area contributed by atoms with Gasteiger partial charge < -0.3 is 19.9 Å². The standard InChI is InChI=1S/C25H29N3O6/c29-22(30)21(27-23(31)33-14-16-4-2-1-3-5-16)9-20-13-26-15-28(20)24(32)34-25-10-17-6-18(11-25)8-19(7-17)12-25/h1-5,13,15,17-19,21H,6-12,14H2,(H,27,31)(H,29,30)/t17?,18?,19?,21-,25?/m0/s1. The van der Waals surface area contributed by atoms with E-state index in [9.17, 15) is 19.5 Å². The molecule has 4 bridgehead atoms. The third-order valence-electron chi connectivity index (χ3n) is 7.41. The second-order valence-corrected chi connectivity index (χ2v) is 10.0. The number of nitrogens with one attached hydrogen (secondary N) is 1. The molecule has 9 nitrogen and oxygen atoms in total. The normalized spacial score (nSPS) is 27.7. The SMILES string of the molecule is O=C(N[C@@H](Cc1cncn1C(=O)OC12CC3CC(CC(C3)C1)C2)C(=O)O)OCc1ccccc1. The first kappa shape index (κ1) is 22.4. The Balaban J connectivity index is 1.21. The first-order valence-corrected chi connectivity index (χ1v) is 11.8. The summed E-state index contributed by atoms with van der Waals surface area (Å²) in [5.41, 5.74) is 0.722. The van der Waals surface area contributed by atoms with E-state index >= 15 is 0 Å². The number of carboxylic acids is 1. The average Bonchev–Trinajstić information content (AvgIpc) is 3.25. The van der Waals surface area contributed by atoms with Crippen LogP contribution < -0.4 is 5.32 Å². The molecule has 4 fully saturated rings. The first-order valence-electron chi connectivity index (χ1n) is 11.8. The minimum Gasteiger partial charge on any atom is -0.480 e. The van der Waals surface area contributed by atoms with Crippen LogP contribution in [0.15, 0.2) is 42.9 Å². The molecule has 4 aliphatic rings. The number of aliphatic carboxylic acids is 1. The van der Waals surface area contributed by atoms with Crippen molar-refractivity contribution in [2.24, 2.45) is 17.8 Å². The molecular formula is C25H29N3O6. The van der Waals surface area contributed by atoms with Gasteiger partial charge in [-0.1, -0.05) is 30.3 Å². The highest BCUT2D eigenvalue weighted by atomic mass is 16.6. The van der Waals surface area contributed by atoms with Crippen molar-refractivity contribution < 1.29 is 29.0 Å². The second-order valence-electron chi connectivity index (χ2n) is 10.0. The molecule has 0 aliphatic heterocycles. The Morgan fingerprint density at radius 3 is 2.35 bits per heavy atom. The van der Waals surface area contributed by atoms with Gasteiger partial charge >= 0.3 is 18.2 Å². The molecule has 2 aromatic rings. The van der Waals surface area contributed by atoms with Gasteiger partial charge in [0, 0.05) is 12.6 Å². The molecule has 1 aromatic carbocycles. The van der Waals surface area contributed by atoms with E-state index < -0.39 is 29.8 Å². The van der Waals surface area contributed by atoms with Crippen LogP contribution in [0, 0.1) is 17.8 Å². The van der Waals surface area contributed by atoms with Gasteiger partial charge in [0.15, 0.2) is 0 Å². The number of hydrogen-bond donors (Lipinski definition) is 2. The van der Waals surface area contributed by atoms with Crippen LogP contribution in [-0.2, 0) is 27.3 Å². The molecule has 4 aliphatic carbocycles. The summed E-state index contributed by atoms with van der Waals surface area (Å²) in [6, 6.07) is 7.81. The Bertz CT molecular complexity index is 1030. The summed E-state index contributed by atoms with van der Waals surface area (Å²) in [6.07, 6.45) is 7.66. The maximum atomic E-state index is 13.1. The minimum atomic E-state index is -1.29. The highest BCUT2D eigenvalue weighted by Gasteiger charge is 2.53. The summed E-state index contributed by atoms with van der Waals surface area (Å²) in [4.78, 5) is 41.1. The molecule has 1 amide bonds. The Labute approximate surface area is 197 Å². The maximum absolute atomic E-state index is 13.1. The number of ether oxygens (including phenoxy) is 2. The van der Waals surface area contributed by atoms with Gasteiger partial charge in [-0.3, -0.25) is 0 Å². The van der Waals surface area contributed by atoms with E-state index in [2.05, 4.69) is 10.3 Å². The lowest BCUT2D eigenvalue weighted by Crippen LogP contribution is -2.53. The number of rotatable bonds is 7. The molecule has 34 heavy (non-hydrogen) atoms. The number of carboxylic acid groups (broad SMARTS) is 1. The van der Waals surface area contributed by atoms with Gasteiger partial charge in [-0.25, -0.2) is 23.9 Å². The van der Waals surface area contributed by atoms with Gasteiger partial charge in [-0.2, -0.15) is 0 Å². The lowest BCUT2D eigenvalue weighted by Gasteiger charge is -2.55. The molecule has 0 spiro atoms. The maximum Gasteiger partial charge on any atom is 0.420 e. The number of benzene rings is 1. The van der Waals surface area contributed by atoms with Crippen molar-refractivity contribution in [3.8, 4) is 0 Å². The summed E-state index contributed by atoms with van der Waals surface area (Å²) >= 11 is 0. The summed E-state index contributed by atoms with van der Waals surface area (Å²) < 4.78 is 12.5. The van der Waals surface area contributed by atoms with Crippen LogP contribution in [0.25, 0.3) is 0 Å². The molecule has 0 unspecified atom stereocenters. The molecule has 0 radical (unpaired) electrons. The zero-order valence-corrected chi connectivity index (χ0v) is 18.9. The zero-order chi connectivity index (χ0) is 23.7. The Kier molecular flexibility index (Phi) is 6.02. The van der Waals surface area contributed by atoms with Crippen LogP contribution in [0.1, 0.15) is 49.8 Å². The highest BCUT2D eigenvalue weighted by molar-refractivity contribution is 5.80. The predicted octanol–water partition coefficient (Wildman–Crippen LogP) is 3.76. The smallest absolute Gasteiger partial charge is 0.420 e. The quantitative estimate of drug-likeness (QED) is 0.636. The van der Waals surface area contributed by atoms with Gasteiger partial charge in [-0.05, 0) is 61.8 Å². The lowest BCUT2D eigenvalue weighted by atomic mass is 9.54. The van der Waals surface area contributed by atoms with Gasteiger partial charge in [0.05, 0.1) is 5.69 Å². The van der Waals surface area contributed by atoms with Gasteiger partial charge in [-0.15, -0.1) is 0 Å². The fourth-order valence-electron chi connectivity index (χ4n) is 6.34. The molecule has 180 valence electrons. The van der Waals surface area contributed by atoms with Gasteiger partial charge in [0.1, 0.15) is 24.6 Å². The summed E-state index contributed by atoms with van der Waals surface area (Å²) in [5, 5.41) is 12.0. The number of carbonyl (C=O) groups excluding carboxylic acids is 2. The predicted molar refractivity (Wildman–Crippen MR) is 120 cm³/mol. The third-order valence-corrected chi connectivity index (χ3v) is 7.41. The largest absolute Gasteiger partial charge is 0.480 e. The number of aromatic nitrogens is 2. The van der Waals surface area contributed by atoms with Crippen molar-refractivity contribution in [2.45, 2.75) is 63.2 Å². The number of imidazole rings is 1. The van der Waals surface area contributed by atoms with Crippen LogP contribution >= 0.6 is 0 Å². The van der Waals surface area contributed by atoms with E-state index in [0.29, 0.717) is 23.4 Å². The van der Waals surface area contributed by atoms with E-state index in [-0.39, 0.29) is 13.0 Å². The van der Waals surface area contributed by atoms with Crippen molar-refractivity contribution in [3.63, 3.8) is 0 Å². The molecule has 1 atom stereocenters.